The average molecular weight is 295 g/mol. The Hall–Kier alpha value is -2.58. The first-order valence-corrected chi connectivity index (χ1v) is 6.61. The van der Waals surface area contributed by atoms with Crippen LogP contribution < -0.4 is 16.6 Å². The molecule has 2 aromatic rings. The first-order valence-electron chi connectivity index (χ1n) is 6.61. The van der Waals surface area contributed by atoms with E-state index in [1.807, 2.05) is 6.92 Å². The van der Waals surface area contributed by atoms with Gasteiger partial charge in [0.15, 0.2) is 11.2 Å². The zero-order chi connectivity index (χ0) is 15.6. The van der Waals surface area contributed by atoms with Gasteiger partial charge in [-0.3, -0.25) is 18.7 Å². The molecule has 0 atom stereocenters. The SMILES string of the molecule is CCCn1c(=O)n(C)c(=O)c2[nH]c(NCCC(=O)O)nc21. The highest BCUT2D eigenvalue weighted by Crippen LogP contribution is 2.09. The molecule has 0 spiro atoms. The third-order valence-electron chi connectivity index (χ3n) is 3.06. The summed E-state index contributed by atoms with van der Waals surface area (Å²) in [6.45, 7) is 2.54. The van der Waals surface area contributed by atoms with E-state index in [4.69, 9.17) is 5.11 Å². The van der Waals surface area contributed by atoms with Gasteiger partial charge in [0, 0.05) is 20.1 Å². The van der Waals surface area contributed by atoms with Gasteiger partial charge >= 0.3 is 11.7 Å². The zero-order valence-corrected chi connectivity index (χ0v) is 11.8. The van der Waals surface area contributed by atoms with Gasteiger partial charge in [0.05, 0.1) is 6.42 Å². The van der Waals surface area contributed by atoms with Crippen LogP contribution in [0.4, 0.5) is 5.95 Å². The summed E-state index contributed by atoms with van der Waals surface area (Å²) in [4.78, 5) is 41.6. The molecule has 0 bridgehead atoms. The minimum atomic E-state index is -0.933. The van der Waals surface area contributed by atoms with Crippen molar-refractivity contribution in [2.45, 2.75) is 26.3 Å². The molecule has 2 aromatic heterocycles. The van der Waals surface area contributed by atoms with Crippen molar-refractivity contribution in [3.63, 3.8) is 0 Å². The predicted molar refractivity (Wildman–Crippen MR) is 76.6 cm³/mol. The van der Waals surface area contributed by atoms with E-state index < -0.39 is 17.2 Å². The van der Waals surface area contributed by atoms with Crippen molar-refractivity contribution in [2.24, 2.45) is 7.05 Å². The number of carboxylic acid groups (broad SMARTS) is 1. The number of aromatic amines is 1. The van der Waals surface area contributed by atoms with Crippen molar-refractivity contribution in [2.75, 3.05) is 11.9 Å². The van der Waals surface area contributed by atoms with Crippen LogP contribution in [-0.4, -0.2) is 36.7 Å². The lowest BCUT2D eigenvalue weighted by atomic mass is 10.4. The third-order valence-corrected chi connectivity index (χ3v) is 3.06. The van der Waals surface area contributed by atoms with Gasteiger partial charge in [-0.2, -0.15) is 4.98 Å². The molecule has 0 saturated heterocycles. The van der Waals surface area contributed by atoms with E-state index in [0.29, 0.717) is 6.54 Å². The molecule has 21 heavy (non-hydrogen) atoms. The summed E-state index contributed by atoms with van der Waals surface area (Å²) in [5, 5.41) is 11.4. The van der Waals surface area contributed by atoms with Gasteiger partial charge < -0.3 is 15.4 Å². The van der Waals surface area contributed by atoms with E-state index in [-0.39, 0.29) is 30.1 Å². The highest BCUT2D eigenvalue weighted by atomic mass is 16.4. The number of fused-ring (bicyclic) bond motifs is 1. The van der Waals surface area contributed by atoms with Crippen LogP contribution in [0.1, 0.15) is 19.8 Å². The molecule has 0 aromatic carbocycles. The fourth-order valence-corrected chi connectivity index (χ4v) is 2.03. The Labute approximate surface area is 119 Å². The fraction of sp³-hybridized carbons (Fsp3) is 0.500. The Morgan fingerprint density at radius 2 is 2.14 bits per heavy atom. The molecule has 3 N–H and O–H groups in total. The van der Waals surface area contributed by atoms with Crippen LogP contribution in [0.15, 0.2) is 9.59 Å². The minimum absolute atomic E-state index is 0.0726. The number of aromatic nitrogens is 4. The largest absolute Gasteiger partial charge is 0.481 e. The number of anilines is 1. The third kappa shape index (κ3) is 2.81. The molecule has 2 heterocycles. The molecule has 0 fully saturated rings. The molecule has 9 heteroatoms. The number of H-pyrrole nitrogens is 1. The van der Waals surface area contributed by atoms with Crippen LogP contribution in [0.25, 0.3) is 11.2 Å². The second-order valence-corrected chi connectivity index (χ2v) is 4.65. The standard InChI is InChI=1S/C12H17N5O4/c1-3-6-17-9-8(10(20)16(2)12(17)21)14-11(15-9)13-5-4-7(18)19/h3-6H2,1-2H3,(H,18,19)(H2,13,14,15). The Bertz CT molecular complexity index is 785. The Morgan fingerprint density at radius 3 is 2.76 bits per heavy atom. The number of hydrogen-bond donors (Lipinski definition) is 3. The van der Waals surface area contributed by atoms with Crippen molar-refractivity contribution < 1.29 is 9.90 Å². The molecule has 0 unspecified atom stereocenters. The van der Waals surface area contributed by atoms with E-state index >= 15 is 0 Å². The van der Waals surface area contributed by atoms with Crippen LogP contribution in [-0.2, 0) is 18.4 Å². The maximum absolute atomic E-state index is 12.1. The molecule has 0 aliphatic heterocycles. The van der Waals surface area contributed by atoms with Crippen molar-refractivity contribution >= 4 is 23.1 Å². The molecule has 0 aliphatic carbocycles. The molecule has 114 valence electrons. The van der Waals surface area contributed by atoms with Gasteiger partial charge in [-0.1, -0.05) is 6.92 Å². The average Bonchev–Trinajstić information content (AvgIpc) is 2.85. The molecule has 2 rings (SSSR count). The molecular weight excluding hydrogens is 278 g/mol. The predicted octanol–water partition coefficient (Wildman–Crippen LogP) is -0.280. The summed E-state index contributed by atoms with van der Waals surface area (Å²) < 4.78 is 2.45. The van der Waals surface area contributed by atoms with Crippen molar-refractivity contribution in [3.05, 3.63) is 20.8 Å². The summed E-state index contributed by atoms with van der Waals surface area (Å²) in [6, 6.07) is 0. The maximum Gasteiger partial charge on any atom is 0.332 e. The fourth-order valence-electron chi connectivity index (χ4n) is 2.03. The number of carbonyl (C=O) groups is 1. The van der Waals surface area contributed by atoms with E-state index in [9.17, 15) is 14.4 Å². The lowest BCUT2D eigenvalue weighted by Crippen LogP contribution is -2.38. The molecule has 0 amide bonds. The number of hydrogen-bond acceptors (Lipinski definition) is 5. The molecule has 0 aliphatic rings. The lowest BCUT2D eigenvalue weighted by molar-refractivity contribution is -0.136. The second-order valence-electron chi connectivity index (χ2n) is 4.65. The van der Waals surface area contributed by atoms with E-state index in [0.717, 1.165) is 11.0 Å². The lowest BCUT2D eigenvalue weighted by Gasteiger charge is -2.06. The summed E-state index contributed by atoms with van der Waals surface area (Å²) >= 11 is 0. The minimum Gasteiger partial charge on any atom is -0.481 e. The van der Waals surface area contributed by atoms with E-state index in [1.165, 1.54) is 11.6 Å². The summed E-state index contributed by atoms with van der Waals surface area (Å²) in [7, 11) is 1.41. The van der Waals surface area contributed by atoms with Gasteiger partial charge in [0.25, 0.3) is 5.56 Å². The van der Waals surface area contributed by atoms with Crippen LogP contribution in [0.3, 0.4) is 0 Å². The monoisotopic (exact) mass is 295 g/mol. The van der Waals surface area contributed by atoms with Crippen molar-refractivity contribution in [1.82, 2.24) is 19.1 Å². The number of carboxylic acids is 1. The summed E-state index contributed by atoms with van der Waals surface area (Å²) in [6.07, 6.45) is 0.651. The Morgan fingerprint density at radius 1 is 1.43 bits per heavy atom. The van der Waals surface area contributed by atoms with Gasteiger partial charge in [-0.25, -0.2) is 4.79 Å². The van der Waals surface area contributed by atoms with E-state index in [1.54, 1.807) is 0 Å². The molecular formula is C12H17N5O4. The van der Waals surface area contributed by atoms with Crippen LogP contribution >= 0.6 is 0 Å². The number of nitrogens with zero attached hydrogens (tertiary/aromatic N) is 3. The topological polar surface area (TPSA) is 122 Å². The van der Waals surface area contributed by atoms with Crippen molar-refractivity contribution in [3.8, 4) is 0 Å². The number of rotatable bonds is 6. The molecule has 0 saturated carbocycles. The van der Waals surface area contributed by atoms with Crippen LogP contribution in [0.5, 0.6) is 0 Å². The number of imidazole rings is 1. The normalized spacial score (nSPS) is 11.0. The smallest absolute Gasteiger partial charge is 0.332 e. The number of aliphatic carboxylic acids is 1. The quantitative estimate of drug-likeness (QED) is 0.673. The Kier molecular flexibility index (Phi) is 4.10. The molecule has 0 radical (unpaired) electrons. The van der Waals surface area contributed by atoms with Crippen molar-refractivity contribution in [1.29, 1.82) is 0 Å². The zero-order valence-electron chi connectivity index (χ0n) is 11.8. The van der Waals surface area contributed by atoms with Crippen LogP contribution in [0.2, 0.25) is 0 Å². The summed E-state index contributed by atoms with van der Waals surface area (Å²) in [5.74, 6) is -0.656. The van der Waals surface area contributed by atoms with E-state index in [2.05, 4.69) is 15.3 Å². The second kappa shape index (κ2) is 5.81. The summed E-state index contributed by atoms with van der Waals surface area (Å²) in [5.41, 5.74) is -0.370. The molecule has 9 nitrogen and oxygen atoms in total. The van der Waals surface area contributed by atoms with Gasteiger partial charge in [-0.05, 0) is 6.42 Å². The highest BCUT2D eigenvalue weighted by Gasteiger charge is 2.15. The first kappa shape index (κ1) is 14.8. The maximum atomic E-state index is 12.1. The van der Waals surface area contributed by atoms with Gasteiger partial charge in [-0.15, -0.1) is 0 Å². The first-order chi connectivity index (χ1) is 9.95. The van der Waals surface area contributed by atoms with Crippen LogP contribution in [0, 0.1) is 0 Å². The number of nitrogens with one attached hydrogen (secondary N) is 2. The van der Waals surface area contributed by atoms with Gasteiger partial charge in [0.1, 0.15) is 0 Å². The number of aryl methyl sites for hydroxylation is 1. The highest BCUT2D eigenvalue weighted by molar-refractivity contribution is 5.73. The van der Waals surface area contributed by atoms with Gasteiger partial charge in [0.2, 0.25) is 5.95 Å². The Balaban J connectivity index is 2.48.